The molecule has 0 saturated carbocycles. The maximum absolute atomic E-state index is 13.7. The minimum atomic E-state index is -1.20. The zero-order valence-corrected chi connectivity index (χ0v) is 11.1. The average Bonchev–Trinajstić information content (AvgIpc) is 2.19. The normalized spacial score (nSPS) is 13.2. The van der Waals surface area contributed by atoms with Crippen LogP contribution in [0.15, 0.2) is 18.2 Å². The van der Waals surface area contributed by atoms with Crippen molar-refractivity contribution in [1.82, 2.24) is 0 Å². The van der Waals surface area contributed by atoms with E-state index in [0.29, 0.717) is 12.2 Å². The number of hydrogen-bond donors (Lipinski definition) is 0. The van der Waals surface area contributed by atoms with E-state index in [1.54, 1.807) is 33.8 Å². The first-order chi connectivity index (χ1) is 8.27. The second-order valence-corrected chi connectivity index (χ2v) is 5.24. The summed E-state index contributed by atoms with van der Waals surface area (Å²) in [4.78, 5) is 11.2. The minimum absolute atomic E-state index is 0.132. The number of carboxylic acid groups (broad SMARTS) is 1. The number of hydrogen-bond acceptors (Lipinski definition) is 3. The molecule has 18 heavy (non-hydrogen) atoms. The van der Waals surface area contributed by atoms with Crippen LogP contribution in [-0.4, -0.2) is 12.6 Å². The molecule has 0 amide bonds. The Balaban J connectivity index is 3.16. The van der Waals surface area contributed by atoms with Gasteiger partial charge in [-0.25, -0.2) is 4.39 Å². The predicted octanol–water partition coefficient (Wildman–Crippen LogP) is 2.10. The molecule has 0 N–H and O–H groups in total. The van der Waals surface area contributed by atoms with Gasteiger partial charge in [0.15, 0.2) is 11.6 Å². The van der Waals surface area contributed by atoms with Crippen LogP contribution in [0.25, 0.3) is 0 Å². The Kier molecular flexibility index (Phi) is 4.33. The minimum Gasteiger partial charge on any atom is -0.549 e. The van der Waals surface area contributed by atoms with E-state index in [2.05, 4.69) is 0 Å². The van der Waals surface area contributed by atoms with Crippen LogP contribution in [0, 0.1) is 11.2 Å². The summed E-state index contributed by atoms with van der Waals surface area (Å²) in [6, 6.07) is 4.23. The number of rotatable bonds is 4. The zero-order valence-electron chi connectivity index (χ0n) is 11.1. The van der Waals surface area contributed by atoms with E-state index in [1.807, 2.05) is 0 Å². The number of aliphatic carboxylic acids is 1. The zero-order chi connectivity index (χ0) is 13.9. The number of carboxylic acids is 1. The summed E-state index contributed by atoms with van der Waals surface area (Å²) in [6.07, 6.45) is 0. The van der Waals surface area contributed by atoms with Crippen molar-refractivity contribution < 1.29 is 19.0 Å². The van der Waals surface area contributed by atoms with Crippen molar-refractivity contribution in [2.75, 3.05) is 6.61 Å². The smallest absolute Gasteiger partial charge is 0.165 e. The second-order valence-electron chi connectivity index (χ2n) is 5.24. The molecule has 0 saturated heterocycles. The maximum Gasteiger partial charge on any atom is 0.165 e. The highest BCUT2D eigenvalue weighted by Gasteiger charge is 2.28. The van der Waals surface area contributed by atoms with Gasteiger partial charge in [-0.2, -0.15) is 0 Å². The van der Waals surface area contributed by atoms with Crippen LogP contribution in [0.4, 0.5) is 4.39 Å². The summed E-state index contributed by atoms with van der Waals surface area (Å²) in [5.74, 6) is -2.48. The van der Waals surface area contributed by atoms with Crippen LogP contribution in [-0.2, 0) is 4.79 Å². The van der Waals surface area contributed by atoms with E-state index in [1.165, 1.54) is 12.1 Å². The van der Waals surface area contributed by atoms with Gasteiger partial charge in [0.1, 0.15) is 0 Å². The van der Waals surface area contributed by atoms with E-state index in [9.17, 15) is 14.3 Å². The quantitative estimate of drug-likeness (QED) is 0.825. The van der Waals surface area contributed by atoms with Gasteiger partial charge in [-0.1, -0.05) is 26.8 Å². The summed E-state index contributed by atoms with van der Waals surface area (Å²) in [5, 5.41) is 11.2. The highest BCUT2D eigenvalue weighted by molar-refractivity contribution is 5.75. The van der Waals surface area contributed by atoms with Gasteiger partial charge in [0.05, 0.1) is 6.61 Å². The third-order valence-electron chi connectivity index (χ3n) is 2.69. The van der Waals surface area contributed by atoms with Crippen molar-refractivity contribution in [2.24, 2.45) is 5.41 Å². The van der Waals surface area contributed by atoms with Gasteiger partial charge in [-0.3, -0.25) is 0 Å². The highest BCUT2D eigenvalue weighted by atomic mass is 19.1. The number of benzene rings is 1. The molecule has 1 aromatic carbocycles. The van der Waals surface area contributed by atoms with Gasteiger partial charge in [0.25, 0.3) is 0 Å². The van der Waals surface area contributed by atoms with Crippen LogP contribution in [0.5, 0.6) is 5.75 Å². The van der Waals surface area contributed by atoms with Crippen molar-refractivity contribution in [3.8, 4) is 5.75 Å². The topological polar surface area (TPSA) is 49.4 Å². The molecule has 0 aliphatic rings. The average molecular weight is 253 g/mol. The molecule has 1 unspecified atom stereocenters. The van der Waals surface area contributed by atoms with Gasteiger partial charge in [-0.05, 0) is 30.0 Å². The third-order valence-corrected chi connectivity index (χ3v) is 2.69. The molecular formula is C14H18FO3-. The Morgan fingerprint density at radius 3 is 2.44 bits per heavy atom. The molecule has 0 fully saturated rings. The number of carbonyl (C=O) groups is 1. The van der Waals surface area contributed by atoms with Crippen molar-refractivity contribution in [1.29, 1.82) is 0 Å². The summed E-state index contributed by atoms with van der Waals surface area (Å²) in [6.45, 7) is 7.46. The Bertz CT molecular complexity index is 435. The van der Waals surface area contributed by atoms with E-state index in [4.69, 9.17) is 4.74 Å². The molecule has 0 radical (unpaired) electrons. The van der Waals surface area contributed by atoms with Gasteiger partial charge < -0.3 is 14.6 Å². The van der Waals surface area contributed by atoms with Gasteiger partial charge in [0.2, 0.25) is 0 Å². The van der Waals surface area contributed by atoms with Crippen molar-refractivity contribution >= 4 is 5.97 Å². The first-order valence-corrected chi connectivity index (χ1v) is 5.90. The number of ether oxygens (including phenoxy) is 1. The predicted molar refractivity (Wildman–Crippen MR) is 64.8 cm³/mol. The fourth-order valence-electron chi connectivity index (χ4n) is 1.96. The molecule has 100 valence electrons. The molecular weight excluding hydrogens is 235 g/mol. The van der Waals surface area contributed by atoms with Crippen LogP contribution in [0.2, 0.25) is 0 Å². The monoisotopic (exact) mass is 253 g/mol. The Hall–Kier alpha value is -1.58. The molecule has 0 heterocycles. The first-order valence-electron chi connectivity index (χ1n) is 5.90. The lowest BCUT2D eigenvalue weighted by Crippen LogP contribution is -2.37. The van der Waals surface area contributed by atoms with E-state index in [-0.39, 0.29) is 5.75 Å². The van der Waals surface area contributed by atoms with Crippen LogP contribution in [0.1, 0.15) is 39.2 Å². The highest BCUT2D eigenvalue weighted by Crippen LogP contribution is 2.36. The molecule has 0 bridgehead atoms. The lowest BCUT2D eigenvalue weighted by Gasteiger charge is -2.32. The lowest BCUT2D eigenvalue weighted by atomic mass is 9.76. The molecule has 0 aliphatic heterocycles. The SMILES string of the molecule is CCOc1ccc(C(C(=O)[O-])C(C)(C)C)cc1F. The van der Waals surface area contributed by atoms with E-state index < -0.39 is 23.1 Å². The molecule has 1 aromatic rings. The summed E-state index contributed by atoms with van der Waals surface area (Å²) in [5.41, 5.74) is -0.151. The molecule has 4 heteroatoms. The fraction of sp³-hybridized carbons (Fsp3) is 0.500. The van der Waals surface area contributed by atoms with E-state index >= 15 is 0 Å². The van der Waals surface area contributed by atoms with Crippen LogP contribution >= 0.6 is 0 Å². The number of carbonyl (C=O) groups excluding carboxylic acids is 1. The fourth-order valence-corrected chi connectivity index (χ4v) is 1.96. The summed E-state index contributed by atoms with van der Waals surface area (Å²) < 4.78 is 18.8. The van der Waals surface area contributed by atoms with Crippen molar-refractivity contribution in [2.45, 2.75) is 33.6 Å². The molecule has 1 rings (SSSR count). The van der Waals surface area contributed by atoms with Gasteiger partial charge in [0, 0.05) is 11.9 Å². The summed E-state index contributed by atoms with van der Waals surface area (Å²) in [7, 11) is 0. The molecule has 1 atom stereocenters. The second kappa shape index (κ2) is 5.38. The largest absolute Gasteiger partial charge is 0.549 e. The van der Waals surface area contributed by atoms with Crippen LogP contribution in [0.3, 0.4) is 0 Å². The van der Waals surface area contributed by atoms with Gasteiger partial charge in [-0.15, -0.1) is 0 Å². The molecule has 3 nitrogen and oxygen atoms in total. The maximum atomic E-state index is 13.7. The standard InChI is InChI=1S/C14H19FO3/c1-5-18-11-7-6-9(8-10(11)15)12(13(16)17)14(2,3)4/h6-8,12H,5H2,1-4H3,(H,16,17)/p-1. The third kappa shape index (κ3) is 3.22. The lowest BCUT2D eigenvalue weighted by molar-refractivity contribution is -0.310. The molecule has 0 spiro atoms. The number of halogens is 1. The molecule has 0 aromatic heterocycles. The van der Waals surface area contributed by atoms with Gasteiger partial charge >= 0.3 is 0 Å². The summed E-state index contributed by atoms with van der Waals surface area (Å²) >= 11 is 0. The Morgan fingerprint density at radius 2 is 2.06 bits per heavy atom. The van der Waals surface area contributed by atoms with Crippen molar-refractivity contribution in [3.63, 3.8) is 0 Å². The Morgan fingerprint density at radius 1 is 1.44 bits per heavy atom. The molecule has 0 aliphatic carbocycles. The van der Waals surface area contributed by atoms with Crippen LogP contribution < -0.4 is 9.84 Å². The Labute approximate surface area is 107 Å². The first kappa shape index (κ1) is 14.5. The van der Waals surface area contributed by atoms with Crippen molar-refractivity contribution in [3.05, 3.63) is 29.6 Å². The van der Waals surface area contributed by atoms with E-state index in [0.717, 1.165) is 0 Å².